The summed E-state index contributed by atoms with van der Waals surface area (Å²) >= 11 is 0. The van der Waals surface area contributed by atoms with Crippen molar-refractivity contribution < 1.29 is 9.26 Å². The van der Waals surface area contributed by atoms with Crippen LogP contribution in [0.15, 0.2) is 35.0 Å². The summed E-state index contributed by atoms with van der Waals surface area (Å²) in [5, 5.41) is 3.84. The predicted octanol–water partition coefficient (Wildman–Crippen LogP) is 2.31. The number of rotatable bonds is 4. The van der Waals surface area contributed by atoms with Gasteiger partial charge in [-0.05, 0) is 31.2 Å². The van der Waals surface area contributed by atoms with Crippen LogP contribution < -0.4 is 9.64 Å². The molecule has 3 rings (SSSR count). The third-order valence-electron chi connectivity index (χ3n) is 4.05. The van der Waals surface area contributed by atoms with Gasteiger partial charge in [0.1, 0.15) is 11.5 Å². The van der Waals surface area contributed by atoms with E-state index < -0.39 is 0 Å². The lowest BCUT2D eigenvalue weighted by atomic mass is 10.2. The lowest BCUT2D eigenvalue weighted by Gasteiger charge is -2.36. The van der Waals surface area contributed by atoms with Crippen molar-refractivity contribution in [3.8, 4) is 5.75 Å². The minimum atomic E-state index is 0.903. The van der Waals surface area contributed by atoms with Crippen LogP contribution in [0.1, 0.15) is 11.3 Å². The van der Waals surface area contributed by atoms with E-state index in [1.54, 1.807) is 7.11 Å². The average Bonchev–Trinajstić information content (AvgIpc) is 2.93. The lowest BCUT2D eigenvalue weighted by molar-refractivity contribution is 0.248. The molecule has 2 heterocycles. The van der Waals surface area contributed by atoms with Gasteiger partial charge in [0.15, 0.2) is 0 Å². The highest BCUT2D eigenvalue weighted by Crippen LogP contribution is 2.21. The van der Waals surface area contributed by atoms with Crippen molar-refractivity contribution in [2.24, 2.45) is 0 Å². The highest BCUT2D eigenvalue weighted by molar-refractivity contribution is 5.49. The number of hydrogen-bond donors (Lipinski definition) is 0. The van der Waals surface area contributed by atoms with Gasteiger partial charge in [-0.15, -0.1) is 0 Å². The normalized spacial score (nSPS) is 16.2. The van der Waals surface area contributed by atoms with Crippen molar-refractivity contribution in [2.75, 3.05) is 38.2 Å². The highest BCUT2D eigenvalue weighted by atomic mass is 16.5. The smallest absolute Gasteiger partial charge is 0.138 e. The van der Waals surface area contributed by atoms with E-state index in [4.69, 9.17) is 9.26 Å². The molecule has 2 aromatic rings. The highest BCUT2D eigenvalue weighted by Gasteiger charge is 2.18. The van der Waals surface area contributed by atoms with Crippen molar-refractivity contribution in [1.82, 2.24) is 10.1 Å². The minimum Gasteiger partial charge on any atom is -0.497 e. The summed E-state index contributed by atoms with van der Waals surface area (Å²) in [5.74, 6) is 1.83. The van der Waals surface area contributed by atoms with Crippen LogP contribution in [0.5, 0.6) is 5.75 Å². The van der Waals surface area contributed by atoms with Crippen molar-refractivity contribution in [3.63, 3.8) is 0 Å². The summed E-state index contributed by atoms with van der Waals surface area (Å²) in [6, 6.07) is 8.28. The Morgan fingerprint density at radius 1 is 1.14 bits per heavy atom. The lowest BCUT2D eigenvalue weighted by Crippen LogP contribution is -2.45. The van der Waals surface area contributed by atoms with E-state index in [-0.39, 0.29) is 0 Å². The second kappa shape index (κ2) is 6.18. The third kappa shape index (κ3) is 3.19. The van der Waals surface area contributed by atoms with Gasteiger partial charge in [0, 0.05) is 44.0 Å². The van der Waals surface area contributed by atoms with Crippen LogP contribution in [0.4, 0.5) is 5.69 Å². The van der Waals surface area contributed by atoms with Crippen LogP contribution in [0.3, 0.4) is 0 Å². The molecule has 0 spiro atoms. The number of anilines is 1. The SMILES string of the molecule is COc1ccc(N2CCN(Cc3cnoc3C)CC2)cc1. The molecule has 1 fully saturated rings. The Labute approximate surface area is 125 Å². The molecule has 0 aliphatic carbocycles. The number of ether oxygens (including phenoxy) is 1. The number of methoxy groups -OCH3 is 1. The summed E-state index contributed by atoms with van der Waals surface area (Å²) in [6.45, 7) is 7.07. The maximum Gasteiger partial charge on any atom is 0.138 e. The summed E-state index contributed by atoms with van der Waals surface area (Å²) < 4.78 is 10.3. The number of hydrogen-bond acceptors (Lipinski definition) is 5. The standard InChI is InChI=1S/C16H21N3O2/c1-13-14(11-17-21-13)12-18-7-9-19(10-8-18)15-3-5-16(20-2)6-4-15/h3-6,11H,7-10,12H2,1-2H3. The van der Waals surface area contributed by atoms with Gasteiger partial charge in [-0.3, -0.25) is 4.90 Å². The van der Waals surface area contributed by atoms with Gasteiger partial charge >= 0.3 is 0 Å². The average molecular weight is 287 g/mol. The fourth-order valence-corrected chi connectivity index (χ4v) is 2.67. The number of aryl methyl sites for hydroxylation is 1. The second-order valence-electron chi connectivity index (χ2n) is 5.37. The summed E-state index contributed by atoms with van der Waals surface area (Å²) in [5.41, 5.74) is 2.45. The molecule has 0 unspecified atom stereocenters. The summed E-state index contributed by atoms with van der Waals surface area (Å²) in [6.07, 6.45) is 1.82. The van der Waals surface area contributed by atoms with Gasteiger partial charge in [0.25, 0.3) is 0 Å². The van der Waals surface area contributed by atoms with E-state index >= 15 is 0 Å². The molecule has 21 heavy (non-hydrogen) atoms. The third-order valence-corrected chi connectivity index (χ3v) is 4.05. The molecular formula is C16H21N3O2. The van der Waals surface area contributed by atoms with Crippen LogP contribution >= 0.6 is 0 Å². The Morgan fingerprint density at radius 2 is 1.86 bits per heavy atom. The minimum absolute atomic E-state index is 0.903. The van der Waals surface area contributed by atoms with Gasteiger partial charge in [0.05, 0.1) is 13.3 Å². The molecule has 5 heteroatoms. The van der Waals surface area contributed by atoms with Crippen molar-refractivity contribution >= 4 is 5.69 Å². The predicted molar refractivity (Wildman–Crippen MR) is 81.7 cm³/mol. The number of benzene rings is 1. The Hall–Kier alpha value is -2.01. The molecule has 0 atom stereocenters. The van der Waals surface area contributed by atoms with Crippen molar-refractivity contribution in [1.29, 1.82) is 0 Å². The number of nitrogens with zero attached hydrogens (tertiary/aromatic N) is 3. The molecule has 0 bridgehead atoms. The zero-order chi connectivity index (χ0) is 14.7. The van der Waals surface area contributed by atoms with Gasteiger partial charge in [-0.1, -0.05) is 5.16 Å². The molecule has 1 aliphatic rings. The topological polar surface area (TPSA) is 41.7 Å². The Morgan fingerprint density at radius 3 is 2.43 bits per heavy atom. The number of aromatic nitrogens is 1. The van der Waals surface area contributed by atoms with Crippen molar-refractivity contribution in [2.45, 2.75) is 13.5 Å². The molecule has 5 nitrogen and oxygen atoms in total. The molecular weight excluding hydrogens is 266 g/mol. The Balaban J connectivity index is 1.56. The number of piperazine rings is 1. The molecule has 0 saturated carbocycles. The largest absolute Gasteiger partial charge is 0.497 e. The fraction of sp³-hybridized carbons (Fsp3) is 0.438. The maximum atomic E-state index is 5.20. The Bertz CT molecular complexity index is 571. The van der Waals surface area contributed by atoms with E-state index in [0.29, 0.717) is 0 Å². The van der Waals surface area contributed by atoms with E-state index in [1.165, 1.54) is 11.3 Å². The molecule has 1 aliphatic heterocycles. The molecule has 1 aromatic carbocycles. The monoisotopic (exact) mass is 287 g/mol. The van der Waals surface area contributed by atoms with E-state index in [0.717, 1.165) is 44.2 Å². The molecule has 1 aromatic heterocycles. The first kappa shape index (κ1) is 13.9. The van der Waals surface area contributed by atoms with Crippen LogP contribution in [0.25, 0.3) is 0 Å². The quantitative estimate of drug-likeness (QED) is 0.863. The molecule has 0 amide bonds. The van der Waals surface area contributed by atoms with Gasteiger partial charge in [0.2, 0.25) is 0 Å². The van der Waals surface area contributed by atoms with Crippen molar-refractivity contribution in [3.05, 3.63) is 41.8 Å². The van der Waals surface area contributed by atoms with E-state index in [9.17, 15) is 0 Å². The van der Waals surface area contributed by atoms with Crippen LogP contribution in [-0.2, 0) is 6.54 Å². The summed E-state index contributed by atoms with van der Waals surface area (Å²) in [7, 11) is 1.69. The Kier molecular flexibility index (Phi) is 4.10. The van der Waals surface area contributed by atoms with Crippen LogP contribution in [0, 0.1) is 6.92 Å². The molecule has 0 radical (unpaired) electrons. The second-order valence-corrected chi connectivity index (χ2v) is 5.37. The first-order valence-corrected chi connectivity index (χ1v) is 7.28. The van der Waals surface area contributed by atoms with Gasteiger partial charge < -0.3 is 14.2 Å². The fourth-order valence-electron chi connectivity index (χ4n) is 2.67. The molecule has 0 N–H and O–H groups in total. The van der Waals surface area contributed by atoms with Gasteiger partial charge in [-0.25, -0.2) is 0 Å². The first-order chi connectivity index (χ1) is 10.3. The van der Waals surface area contributed by atoms with E-state index in [1.807, 2.05) is 25.3 Å². The van der Waals surface area contributed by atoms with Crippen LogP contribution in [-0.4, -0.2) is 43.3 Å². The zero-order valence-electron chi connectivity index (χ0n) is 12.6. The van der Waals surface area contributed by atoms with Gasteiger partial charge in [-0.2, -0.15) is 0 Å². The maximum absolute atomic E-state index is 5.20. The molecule has 1 saturated heterocycles. The zero-order valence-corrected chi connectivity index (χ0v) is 12.6. The van der Waals surface area contributed by atoms with E-state index in [2.05, 4.69) is 27.1 Å². The summed E-state index contributed by atoms with van der Waals surface area (Å²) in [4.78, 5) is 4.86. The molecule has 112 valence electrons. The van der Waals surface area contributed by atoms with Crippen LogP contribution in [0.2, 0.25) is 0 Å². The first-order valence-electron chi connectivity index (χ1n) is 7.28.